The standard InChI is InChI=1S/C16H30N2O2/c1-16(2,3)13-6-4-12(5-7-13)15(19)18-8-9-20-11-14(18)10-17/h12-14H,4-11,17H2,1-3H3. The van der Waals surface area contributed by atoms with E-state index < -0.39 is 0 Å². The predicted octanol–water partition coefficient (Wildman–Crippen LogP) is 2.02. The molecule has 1 aliphatic carbocycles. The van der Waals surface area contributed by atoms with Crippen LogP contribution in [0, 0.1) is 17.3 Å². The van der Waals surface area contributed by atoms with Crippen LogP contribution in [0.2, 0.25) is 0 Å². The lowest BCUT2D eigenvalue weighted by Gasteiger charge is -2.40. The van der Waals surface area contributed by atoms with Gasteiger partial charge in [0.2, 0.25) is 5.91 Å². The Morgan fingerprint density at radius 3 is 2.45 bits per heavy atom. The summed E-state index contributed by atoms with van der Waals surface area (Å²) in [6, 6.07) is 0.0802. The van der Waals surface area contributed by atoms with E-state index in [0.717, 1.165) is 18.8 Å². The van der Waals surface area contributed by atoms with Crippen LogP contribution in [0.5, 0.6) is 0 Å². The van der Waals surface area contributed by atoms with Crippen molar-refractivity contribution in [2.24, 2.45) is 23.0 Å². The zero-order valence-corrected chi connectivity index (χ0v) is 13.2. The molecule has 0 spiro atoms. The van der Waals surface area contributed by atoms with Crippen molar-refractivity contribution in [3.8, 4) is 0 Å². The van der Waals surface area contributed by atoms with Crippen molar-refractivity contribution in [3.05, 3.63) is 0 Å². The van der Waals surface area contributed by atoms with Crippen LogP contribution in [-0.2, 0) is 9.53 Å². The molecule has 20 heavy (non-hydrogen) atoms. The van der Waals surface area contributed by atoms with Crippen LogP contribution in [-0.4, -0.2) is 43.2 Å². The number of nitrogens with zero attached hydrogens (tertiary/aromatic N) is 1. The number of morpholine rings is 1. The SMILES string of the molecule is CC(C)(C)C1CCC(C(=O)N2CCOCC2CN)CC1. The average Bonchev–Trinajstić information content (AvgIpc) is 2.45. The van der Waals surface area contributed by atoms with Crippen LogP contribution in [0.25, 0.3) is 0 Å². The molecule has 0 aromatic rings. The van der Waals surface area contributed by atoms with E-state index in [1.54, 1.807) is 0 Å². The molecule has 1 heterocycles. The van der Waals surface area contributed by atoms with Gasteiger partial charge in [-0.2, -0.15) is 0 Å². The van der Waals surface area contributed by atoms with Gasteiger partial charge in [0, 0.05) is 19.0 Å². The lowest BCUT2D eigenvalue weighted by molar-refractivity contribution is -0.145. The molecule has 2 aliphatic rings. The first-order valence-corrected chi connectivity index (χ1v) is 8.01. The Hall–Kier alpha value is -0.610. The first kappa shape index (κ1) is 15.8. The summed E-state index contributed by atoms with van der Waals surface area (Å²) in [5, 5.41) is 0. The molecule has 2 N–H and O–H groups in total. The second-order valence-corrected chi connectivity index (χ2v) is 7.41. The fourth-order valence-corrected chi connectivity index (χ4v) is 3.58. The quantitative estimate of drug-likeness (QED) is 0.843. The van der Waals surface area contributed by atoms with Crippen LogP contribution in [0.3, 0.4) is 0 Å². The first-order chi connectivity index (χ1) is 9.43. The summed E-state index contributed by atoms with van der Waals surface area (Å²) in [4.78, 5) is 14.7. The Labute approximate surface area is 123 Å². The third-order valence-corrected chi connectivity index (χ3v) is 5.08. The van der Waals surface area contributed by atoms with E-state index in [2.05, 4.69) is 20.8 Å². The fraction of sp³-hybridized carbons (Fsp3) is 0.938. The maximum Gasteiger partial charge on any atom is 0.226 e. The number of carbonyl (C=O) groups excluding carboxylic acids is 1. The van der Waals surface area contributed by atoms with E-state index in [0.29, 0.717) is 37.6 Å². The second kappa shape index (κ2) is 6.44. The zero-order chi connectivity index (χ0) is 14.8. The van der Waals surface area contributed by atoms with Gasteiger partial charge < -0.3 is 15.4 Å². The molecule has 1 aliphatic heterocycles. The minimum absolute atomic E-state index is 0.0802. The summed E-state index contributed by atoms with van der Waals surface area (Å²) in [5.41, 5.74) is 6.13. The zero-order valence-electron chi connectivity index (χ0n) is 13.2. The Balaban J connectivity index is 1.91. The minimum atomic E-state index is 0.0802. The van der Waals surface area contributed by atoms with Gasteiger partial charge in [-0.25, -0.2) is 0 Å². The van der Waals surface area contributed by atoms with Crippen LogP contribution >= 0.6 is 0 Å². The van der Waals surface area contributed by atoms with Crippen LogP contribution in [0.15, 0.2) is 0 Å². The van der Waals surface area contributed by atoms with Crippen molar-refractivity contribution in [1.29, 1.82) is 0 Å². The maximum atomic E-state index is 12.7. The van der Waals surface area contributed by atoms with Gasteiger partial charge in [0.1, 0.15) is 0 Å². The minimum Gasteiger partial charge on any atom is -0.377 e. The largest absolute Gasteiger partial charge is 0.377 e. The number of hydrogen-bond donors (Lipinski definition) is 1. The van der Waals surface area contributed by atoms with Crippen molar-refractivity contribution in [3.63, 3.8) is 0 Å². The topological polar surface area (TPSA) is 55.6 Å². The molecule has 1 unspecified atom stereocenters. The third kappa shape index (κ3) is 3.53. The molecule has 4 nitrogen and oxygen atoms in total. The highest BCUT2D eigenvalue weighted by Crippen LogP contribution is 2.40. The third-order valence-electron chi connectivity index (χ3n) is 5.08. The molecule has 2 rings (SSSR count). The molecular weight excluding hydrogens is 252 g/mol. The van der Waals surface area contributed by atoms with Crippen molar-refractivity contribution in [2.75, 3.05) is 26.3 Å². The number of carbonyl (C=O) groups is 1. The average molecular weight is 282 g/mol. The molecule has 0 bridgehead atoms. The van der Waals surface area contributed by atoms with E-state index in [1.165, 1.54) is 12.8 Å². The van der Waals surface area contributed by atoms with Crippen LogP contribution in [0.1, 0.15) is 46.5 Å². The van der Waals surface area contributed by atoms with E-state index in [9.17, 15) is 4.79 Å². The van der Waals surface area contributed by atoms with Gasteiger partial charge in [-0.05, 0) is 37.0 Å². The lowest BCUT2D eigenvalue weighted by Crippen LogP contribution is -2.54. The Morgan fingerprint density at radius 1 is 1.25 bits per heavy atom. The van der Waals surface area contributed by atoms with Crippen LogP contribution < -0.4 is 5.73 Å². The summed E-state index contributed by atoms with van der Waals surface area (Å²) >= 11 is 0. The van der Waals surface area contributed by atoms with E-state index in [4.69, 9.17) is 10.5 Å². The van der Waals surface area contributed by atoms with Gasteiger partial charge in [0.05, 0.1) is 19.3 Å². The molecule has 0 aromatic heterocycles. The highest BCUT2D eigenvalue weighted by Gasteiger charge is 2.36. The van der Waals surface area contributed by atoms with Crippen molar-refractivity contribution in [1.82, 2.24) is 4.90 Å². The summed E-state index contributed by atoms with van der Waals surface area (Å²) in [5.74, 6) is 1.28. The first-order valence-electron chi connectivity index (χ1n) is 8.01. The Bertz CT molecular complexity index is 330. The number of nitrogens with two attached hydrogens (primary N) is 1. The molecule has 0 aromatic carbocycles. The van der Waals surface area contributed by atoms with Crippen molar-refractivity contribution < 1.29 is 9.53 Å². The van der Waals surface area contributed by atoms with Crippen molar-refractivity contribution >= 4 is 5.91 Å². The highest BCUT2D eigenvalue weighted by molar-refractivity contribution is 5.79. The van der Waals surface area contributed by atoms with E-state index in [1.807, 2.05) is 4.90 Å². The molecule has 2 fully saturated rings. The van der Waals surface area contributed by atoms with Gasteiger partial charge in [-0.15, -0.1) is 0 Å². The Kier molecular flexibility index (Phi) is 5.08. The van der Waals surface area contributed by atoms with E-state index in [-0.39, 0.29) is 12.0 Å². The molecule has 4 heteroatoms. The molecule has 0 radical (unpaired) electrons. The molecular formula is C16H30N2O2. The number of rotatable bonds is 2. The summed E-state index contributed by atoms with van der Waals surface area (Å²) in [6.45, 7) is 9.40. The fourth-order valence-electron chi connectivity index (χ4n) is 3.58. The van der Waals surface area contributed by atoms with E-state index >= 15 is 0 Å². The number of ether oxygens (including phenoxy) is 1. The normalized spacial score (nSPS) is 32.2. The van der Waals surface area contributed by atoms with Gasteiger partial charge in [-0.3, -0.25) is 4.79 Å². The van der Waals surface area contributed by atoms with Gasteiger partial charge >= 0.3 is 0 Å². The maximum absolute atomic E-state index is 12.7. The van der Waals surface area contributed by atoms with Crippen LogP contribution in [0.4, 0.5) is 0 Å². The monoisotopic (exact) mass is 282 g/mol. The smallest absolute Gasteiger partial charge is 0.226 e. The summed E-state index contributed by atoms with van der Waals surface area (Å²) in [6.07, 6.45) is 4.43. The number of amides is 1. The predicted molar refractivity (Wildman–Crippen MR) is 80.3 cm³/mol. The van der Waals surface area contributed by atoms with Gasteiger partial charge in [-0.1, -0.05) is 20.8 Å². The van der Waals surface area contributed by atoms with Crippen molar-refractivity contribution in [2.45, 2.75) is 52.5 Å². The molecule has 1 saturated heterocycles. The number of hydrogen-bond acceptors (Lipinski definition) is 3. The lowest BCUT2D eigenvalue weighted by atomic mass is 9.69. The summed E-state index contributed by atoms with van der Waals surface area (Å²) in [7, 11) is 0. The highest BCUT2D eigenvalue weighted by atomic mass is 16.5. The van der Waals surface area contributed by atoms with Gasteiger partial charge in [0.25, 0.3) is 0 Å². The molecule has 1 atom stereocenters. The van der Waals surface area contributed by atoms with Gasteiger partial charge in [0.15, 0.2) is 0 Å². The molecule has 116 valence electrons. The second-order valence-electron chi connectivity index (χ2n) is 7.41. The Morgan fingerprint density at radius 2 is 1.90 bits per heavy atom. The summed E-state index contributed by atoms with van der Waals surface area (Å²) < 4.78 is 5.43. The molecule has 1 amide bonds. The molecule has 1 saturated carbocycles.